The Morgan fingerprint density at radius 3 is 2.52 bits per heavy atom. The van der Waals surface area contributed by atoms with Crippen molar-refractivity contribution >= 4 is 17.4 Å². The van der Waals surface area contributed by atoms with Crippen LogP contribution in [-0.4, -0.2) is 24.4 Å². The number of fused-ring (bicyclic) bond motifs is 5. The van der Waals surface area contributed by atoms with Gasteiger partial charge in [0.15, 0.2) is 5.78 Å². The molecule has 0 bridgehead atoms. The number of Topliss-reactive ketones (excluding diaryl/α,β-unsaturated/α-hetero) is 1. The van der Waals surface area contributed by atoms with Crippen LogP contribution in [0.2, 0.25) is 0 Å². The molecule has 0 saturated heterocycles. The minimum Gasteiger partial charge on any atom is -0.381 e. The van der Waals surface area contributed by atoms with Crippen LogP contribution in [0.15, 0.2) is 0 Å². The number of ketones is 1. The molecular weight excluding hydrogens is 308 g/mol. The first-order chi connectivity index (χ1) is 10.9. The average molecular weight is 339 g/mol. The zero-order valence-corrected chi connectivity index (χ0v) is 15.6. The first kappa shape index (κ1) is 16.4. The molecule has 0 N–H and O–H groups in total. The summed E-state index contributed by atoms with van der Waals surface area (Å²) in [5.41, 5.74) is 0.666. The third kappa shape index (κ3) is 2.20. The zero-order valence-electron chi connectivity index (χ0n) is 14.8. The van der Waals surface area contributed by atoms with Gasteiger partial charge in [0.1, 0.15) is 0 Å². The predicted molar refractivity (Wildman–Crippen MR) is 92.6 cm³/mol. The van der Waals surface area contributed by atoms with Gasteiger partial charge in [0.2, 0.25) is 0 Å². The molecule has 3 heteroatoms. The monoisotopic (exact) mass is 338 g/mol. The molecule has 0 amide bonds. The molecule has 0 spiro atoms. The number of halogens is 1. The second-order valence-corrected chi connectivity index (χ2v) is 9.87. The van der Waals surface area contributed by atoms with E-state index in [1.54, 1.807) is 0 Å². The molecule has 4 rings (SSSR count). The highest BCUT2D eigenvalue weighted by molar-refractivity contribution is 6.31. The van der Waals surface area contributed by atoms with Crippen molar-refractivity contribution in [2.24, 2.45) is 34.5 Å². The van der Waals surface area contributed by atoms with E-state index in [2.05, 4.69) is 13.8 Å². The molecule has 4 saturated carbocycles. The van der Waals surface area contributed by atoms with E-state index in [1.165, 1.54) is 38.5 Å². The SMILES string of the molecule is COC1CC[C@H]2[C@@H]3CCC4CC(=O)C(Cl)C[C@]4(C)[C@@H]3CC[C@]12C. The Bertz CT molecular complexity index is 506. The van der Waals surface area contributed by atoms with Gasteiger partial charge in [-0.1, -0.05) is 13.8 Å². The van der Waals surface area contributed by atoms with Crippen molar-refractivity contribution in [2.45, 2.75) is 76.7 Å². The van der Waals surface area contributed by atoms with Crippen LogP contribution in [0, 0.1) is 34.5 Å². The van der Waals surface area contributed by atoms with Crippen LogP contribution in [0.5, 0.6) is 0 Å². The maximum atomic E-state index is 12.1. The highest BCUT2D eigenvalue weighted by Gasteiger charge is 2.61. The molecule has 0 aromatic rings. The quantitative estimate of drug-likeness (QED) is 0.640. The molecule has 4 aliphatic rings. The number of methoxy groups -OCH3 is 1. The molecule has 23 heavy (non-hydrogen) atoms. The van der Waals surface area contributed by atoms with Gasteiger partial charge in [-0.05, 0) is 79.4 Å². The zero-order chi connectivity index (χ0) is 16.4. The van der Waals surface area contributed by atoms with Crippen molar-refractivity contribution in [2.75, 3.05) is 7.11 Å². The van der Waals surface area contributed by atoms with E-state index in [0.29, 0.717) is 23.2 Å². The maximum absolute atomic E-state index is 12.1. The predicted octanol–water partition coefficient (Wildman–Crippen LogP) is 4.83. The molecule has 3 unspecified atom stereocenters. The second-order valence-electron chi connectivity index (χ2n) is 9.35. The van der Waals surface area contributed by atoms with Gasteiger partial charge in [0, 0.05) is 13.5 Å². The third-order valence-electron chi connectivity index (χ3n) is 8.68. The van der Waals surface area contributed by atoms with E-state index in [-0.39, 0.29) is 10.8 Å². The van der Waals surface area contributed by atoms with E-state index in [0.717, 1.165) is 30.6 Å². The summed E-state index contributed by atoms with van der Waals surface area (Å²) in [7, 11) is 1.90. The van der Waals surface area contributed by atoms with Crippen molar-refractivity contribution in [1.82, 2.24) is 0 Å². The lowest BCUT2D eigenvalue weighted by molar-refractivity contribution is -0.142. The van der Waals surface area contributed by atoms with Crippen LogP contribution in [0.3, 0.4) is 0 Å². The molecule has 0 heterocycles. The summed E-state index contributed by atoms with van der Waals surface area (Å²) in [6.45, 7) is 4.94. The Balaban J connectivity index is 1.63. The lowest BCUT2D eigenvalue weighted by Gasteiger charge is -2.60. The average Bonchev–Trinajstić information content (AvgIpc) is 2.85. The summed E-state index contributed by atoms with van der Waals surface area (Å²) in [6.07, 6.45) is 9.82. The van der Waals surface area contributed by atoms with Gasteiger partial charge < -0.3 is 4.74 Å². The summed E-state index contributed by atoms with van der Waals surface area (Å²) in [5.74, 6) is 3.29. The van der Waals surface area contributed by atoms with Gasteiger partial charge in [-0.3, -0.25) is 4.79 Å². The van der Waals surface area contributed by atoms with Crippen LogP contribution >= 0.6 is 11.6 Å². The lowest BCUT2D eigenvalue weighted by atomic mass is 9.45. The third-order valence-corrected chi connectivity index (χ3v) is 9.08. The van der Waals surface area contributed by atoms with E-state index in [9.17, 15) is 4.79 Å². The number of carbonyl (C=O) groups is 1. The first-order valence-electron chi connectivity index (χ1n) is 9.59. The molecule has 0 aromatic heterocycles. The summed E-state index contributed by atoms with van der Waals surface area (Å²) < 4.78 is 5.86. The first-order valence-corrected chi connectivity index (χ1v) is 10.0. The molecular formula is C20H31ClO2. The summed E-state index contributed by atoms with van der Waals surface area (Å²) in [4.78, 5) is 12.1. The normalized spacial score (nSPS) is 55.9. The lowest BCUT2D eigenvalue weighted by Crippen LogP contribution is -2.55. The summed E-state index contributed by atoms with van der Waals surface area (Å²) in [5, 5.41) is -0.237. The summed E-state index contributed by atoms with van der Waals surface area (Å²) >= 11 is 6.42. The fourth-order valence-corrected chi connectivity index (χ4v) is 7.82. The number of carbonyl (C=O) groups excluding carboxylic acids is 1. The topological polar surface area (TPSA) is 26.3 Å². The molecule has 0 aromatic carbocycles. The van der Waals surface area contributed by atoms with Crippen molar-refractivity contribution in [3.8, 4) is 0 Å². The van der Waals surface area contributed by atoms with Crippen LogP contribution in [0.4, 0.5) is 0 Å². The van der Waals surface area contributed by atoms with E-state index < -0.39 is 0 Å². The van der Waals surface area contributed by atoms with Gasteiger partial charge in [-0.25, -0.2) is 0 Å². The number of alkyl halides is 1. The molecule has 0 aliphatic heterocycles. The minimum absolute atomic E-state index is 0.237. The molecule has 4 aliphatic carbocycles. The van der Waals surface area contributed by atoms with Crippen LogP contribution in [0.25, 0.3) is 0 Å². The van der Waals surface area contributed by atoms with Gasteiger partial charge in [-0.2, -0.15) is 0 Å². The Kier molecular flexibility index (Phi) is 3.89. The molecule has 130 valence electrons. The van der Waals surface area contributed by atoms with Gasteiger partial charge in [-0.15, -0.1) is 11.6 Å². The van der Waals surface area contributed by atoms with Gasteiger partial charge in [0.25, 0.3) is 0 Å². The van der Waals surface area contributed by atoms with E-state index >= 15 is 0 Å². The second kappa shape index (κ2) is 5.46. The van der Waals surface area contributed by atoms with Crippen LogP contribution < -0.4 is 0 Å². The number of rotatable bonds is 1. The molecule has 4 fully saturated rings. The Hall–Kier alpha value is -0.0800. The Labute approximate surface area is 145 Å². The Morgan fingerprint density at radius 1 is 1.04 bits per heavy atom. The van der Waals surface area contributed by atoms with Crippen LogP contribution in [-0.2, 0) is 9.53 Å². The number of ether oxygens (including phenoxy) is 1. The highest BCUT2D eigenvalue weighted by atomic mass is 35.5. The van der Waals surface area contributed by atoms with Crippen molar-refractivity contribution in [1.29, 1.82) is 0 Å². The van der Waals surface area contributed by atoms with Crippen molar-refractivity contribution in [3.05, 3.63) is 0 Å². The van der Waals surface area contributed by atoms with Crippen LogP contribution in [0.1, 0.15) is 65.2 Å². The molecule has 2 nitrogen and oxygen atoms in total. The van der Waals surface area contributed by atoms with Gasteiger partial charge >= 0.3 is 0 Å². The van der Waals surface area contributed by atoms with Crippen molar-refractivity contribution in [3.63, 3.8) is 0 Å². The number of hydrogen-bond acceptors (Lipinski definition) is 2. The fourth-order valence-electron chi connectivity index (χ4n) is 7.40. The maximum Gasteiger partial charge on any atom is 0.150 e. The fraction of sp³-hybridized carbons (Fsp3) is 0.950. The van der Waals surface area contributed by atoms with E-state index in [4.69, 9.17) is 16.3 Å². The Morgan fingerprint density at radius 2 is 1.78 bits per heavy atom. The molecule has 0 radical (unpaired) electrons. The summed E-state index contributed by atoms with van der Waals surface area (Å²) in [6, 6.07) is 0. The van der Waals surface area contributed by atoms with E-state index in [1.807, 2.05) is 7.11 Å². The number of hydrogen-bond donors (Lipinski definition) is 0. The standard InChI is InChI=1S/C20H31ClO2/c1-19-9-8-15-13(14(19)6-7-18(19)23-3)5-4-12-10-17(22)16(21)11-20(12,15)2/h12-16,18H,4-11H2,1-3H3/t12?,13-,14-,15+,16?,18?,19-,20-/m0/s1. The highest BCUT2D eigenvalue weighted by Crippen LogP contribution is 2.66. The minimum atomic E-state index is -0.237. The van der Waals surface area contributed by atoms with Crippen molar-refractivity contribution < 1.29 is 9.53 Å². The smallest absolute Gasteiger partial charge is 0.150 e. The van der Waals surface area contributed by atoms with Gasteiger partial charge in [0.05, 0.1) is 11.5 Å². The largest absolute Gasteiger partial charge is 0.381 e. The molecule has 8 atom stereocenters.